The Morgan fingerprint density at radius 1 is 1.20 bits per heavy atom. The lowest BCUT2D eigenvalue weighted by Crippen LogP contribution is -2.34. The molecule has 3 rings (SSSR count). The molecule has 0 aromatic heterocycles. The van der Waals surface area contributed by atoms with Gasteiger partial charge in [-0.25, -0.2) is 13.1 Å². The zero-order chi connectivity index (χ0) is 21.9. The minimum Gasteiger partial charge on any atom is -0.493 e. The molecule has 2 N–H and O–H groups in total. The molecule has 1 unspecified atom stereocenters. The summed E-state index contributed by atoms with van der Waals surface area (Å²) in [5.74, 6) is 0.791. The molecule has 30 heavy (non-hydrogen) atoms. The largest absolute Gasteiger partial charge is 0.493 e. The van der Waals surface area contributed by atoms with Crippen LogP contribution < -0.4 is 14.8 Å². The number of fused-ring (bicyclic) bond motifs is 1. The van der Waals surface area contributed by atoms with Crippen molar-refractivity contribution in [3.63, 3.8) is 0 Å². The van der Waals surface area contributed by atoms with E-state index in [1.807, 2.05) is 31.1 Å². The first kappa shape index (κ1) is 22.3. The number of likely N-dealkylation sites (N-methyl/N-ethyl adjacent to an activating group) is 1. The smallest absolute Gasteiger partial charge is 0.240 e. The number of carbonyl (C=O) groups is 1. The maximum absolute atomic E-state index is 13.0. The minimum atomic E-state index is -3.70. The number of hydrogen-bond donors (Lipinski definition) is 2. The molecular formula is C22H29N3O4S. The van der Waals surface area contributed by atoms with Crippen molar-refractivity contribution in [3.05, 3.63) is 53.1 Å². The standard InChI is InChI=1S/C22H29N3O4S/c1-5-22(26)24-18-7-9-21(15(2)12-18)30(27,28)23-14-19(25(3)4)16-6-8-20-17(13-16)10-11-29-20/h6-9,12-13,19,23H,5,10-11,14H2,1-4H3,(H,24,26). The van der Waals surface area contributed by atoms with Crippen molar-refractivity contribution < 1.29 is 17.9 Å². The zero-order valence-electron chi connectivity index (χ0n) is 17.9. The number of hydrogen-bond acceptors (Lipinski definition) is 5. The van der Waals surface area contributed by atoms with Crippen LogP contribution in [0, 0.1) is 6.92 Å². The number of ether oxygens (including phenoxy) is 1. The van der Waals surface area contributed by atoms with Gasteiger partial charge in [0.1, 0.15) is 5.75 Å². The SMILES string of the molecule is CCC(=O)Nc1ccc(S(=O)(=O)NCC(c2ccc3c(c2)CCO3)N(C)C)c(C)c1. The van der Waals surface area contributed by atoms with Crippen molar-refractivity contribution in [1.29, 1.82) is 0 Å². The lowest BCUT2D eigenvalue weighted by molar-refractivity contribution is -0.115. The average Bonchev–Trinajstić information content (AvgIpc) is 3.15. The van der Waals surface area contributed by atoms with Gasteiger partial charge in [-0.1, -0.05) is 19.1 Å². The second kappa shape index (κ2) is 9.16. The first-order valence-electron chi connectivity index (χ1n) is 10.0. The average molecular weight is 432 g/mol. The van der Waals surface area contributed by atoms with E-state index in [9.17, 15) is 13.2 Å². The Kier molecular flexibility index (Phi) is 6.80. The van der Waals surface area contributed by atoms with Crippen LogP contribution in [0.15, 0.2) is 41.3 Å². The summed E-state index contributed by atoms with van der Waals surface area (Å²) >= 11 is 0. The van der Waals surface area contributed by atoms with Gasteiger partial charge in [0.15, 0.2) is 0 Å². The van der Waals surface area contributed by atoms with Gasteiger partial charge in [-0.2, -0.15) is 0 Å². The third-order valence-electron chi connectivity index (χ3n) is 5.26. The number of nitrogens with zero attached hydrogens (tertiary/aromatic N) is 1. The molecule has 7 nitrogen and oxygen atoms in total. The highest BCUT2D eigenvalue weighted by atomic mass is 32.2. The van der Waals surface area contributed by atoms with Crippen LogP contribution in [0.1, 0.15) is 36.1 Å². The molecule has 0 saturated heterocycles. The van der Waals surface area contributed by atoms with Crippen molar-refractivity contribution >= 4 is 21.6 Å². The molecule has 1 heterocycles. The monoisotopic (exact) mass is 431 g/mol. The molecule has 0 saturated carbocycles. The van der Waals surface area contributed by atoms with Crippen LogP contribution >= 0.6 is 0 Å². The Morgan fingerprint density at radius 2 is 1.97 bits per heavy atom. The van der Waals surface area contributed by atoms with Crippen LogP contribution in [0.5, 0.6) is 5.75 Å². The van der Waals surface area contributed by atoms with E-state index < -0.39 is 10.0 Å². The Hall–Kier alpha value is -2.42. The fourth-order valence-corrected chi connectivity index (χ4v) is 4.82. The molecule has 8 heteroatoms. The third kappa shape index (κ3) is 5.00. The van der Waals surface area contributed by atoms with E-state index >= 15 is 0 Å². The van der Waals surface area contributed by atoms with Gasteiger partial charge in [0.25, 0.3) is 0 Å². The number of sulfonamides is 1. The number of aryl methyl sites for hydroxylation is 1. The lowest BCUT2D eigenvalue weighted by atomic mass is 10.0. The molecular weight excluding hydrogens is 402 g/mol. The fraction of sp³-hybridized carbons (Fsp3) is 0.409. The number of nitrogens with one attached hydrogen (secondary N) is 2. The lowest BCUT2D eigenvalue weighted by Gasteiger charge is -2.25. The number of rotatable bonds is 8. The van der Waals surface area contributed by atoms with Crippen LogP contribution in [-0.4, -0.2) is 46.5 Å². The fourth-order valence-electron chi connectivity index (χ4n) is 3.56. The van der Waals surface area contributed by atoms with E-state index in [2.05, 4.69) is 16.1 Å². The molecule has 1 amide bonds. The molecule has 2 aromatic rings. The Morgan fingerprint density at radius 3 is 2.63 bits per heavy atom. The second-order valence-corrected chi connectivity index (χ2v) is 9.41. The zero-order valence-corrected chi connectivity index (χ0v) is 18.7. The van der Waals surface area contributed by atoms with E-state index in [4.69, 9.17) is 4.74 Å². The van der Waals surface area contributed by atoms with Crippen LogP contribution in [0.25, 0.3) is 0 Å². The molecule has 0 radical (unpaired) electrons. The normalized spacial score (nSPS) is 14.3. The van der Waals surface area contributed by atoms with E-state index in [1.165, 1.54) is 6.07 Å². The molecule has 1 atom stereocenters. The van der Waals surface area contributed by atoms with Gasteiger partial charge < -0.3 is 15.0 Å². The summed E-state index contributed by atoms with van der Waals surface area (Å²) in [5, 5.41) is 2.75. The summed E-state index contributed by atoms with van der Waals surface area (Å²) in [6.45, 7) is 4.41. The summed E-state index contributed by atoms with van der Waals surface area (Å²) in [6, 6.07) is 10.7. The molecule has 2 aromatic carbocycles. The van der Waals surface area contributed by atoms with Crippen molar-refractivity contribution in [3.8, 4) is 5.75 Å². The summed E-state index contributed by atoms with van der Waals surface area (Å²) in [5.41, 5.74) is 3.36. The Labute approximate surface area is 178 Å². The highest BCUT2D eigenvalue weighted by Gasteiger charge is 2.23. The van der Waals surface area contributed by atoms with Crippen molar-refractivity contribution in [2.45, 2.75) is 37.6 Å². The van der Waals surface area contributed by atoms with Crippen molar-refractivity contribution in [2.24, 2.45) is 0 Å². The van der Waals surface area contributed by atoms with Crippen LogP contribution in [0.3, 0.4) is 0 Å². The molecule has 0 fully saturated rings. The summed E-state index contributed by atoms with van der Waals surface area (Å²) in [7, 11) is 0.156. The summed E-state index contributed by atoms with van der Waals surface area (Å²) in [6.07, 6.45) is 1.23. The molecule has 0 spiro atoms. The highest BCUT2D eigenvalue weighted by Crippen LogP contribution is 2.29. The predicted octanol–water partition coefficient (Wildman–Crippen LogP) is 2.86. The van der Waals surface area contributed by atoms with Crippen LogP contribution in [0.4, 0.5) is 5.69 Å². The van der Waals surface area contributed by atoms with Gasteiger partial charge >= 0.3 is 0 Å². The molecule has 162 valence electrons. The summed E-state index contributed by atoms with van der Waals surface area (Å²) in [4.78, 5) is 13.8. The van der Waals surface area contributed by atoms with Crippen molar-refractivity contribution in [1.82, 2.24) is 9.62 Å². The molecule has 1 aliphatic rings. The molecule has 1 aliphatic heterocycles. The topological polar surface area (TPSA) is 87.7 Å². The van der Waals surface area contributed by atoms with Crippen LogP contribution in [0.2, 0.25) is 0 Å². The van der Waals surface area contributed by atoms with Gasteiger partial charge in [0.2, 0.25) is 15.9 Å². The van der Waals surface area contributed by atoms with Gasteiger partial charge in [-0.3, -0.25) is 4.79 Å². The number of amides is 1. The van der Waals surface area contributed by atoms with Gasteiger partial charge in [-0.15, -0.1) is 0 Å². The third-order valence-corrected chi connectivity index (χ3v) is 6.84. The summed E-state index contributed by atoms with van der Waals surface area (Å²) < 4.78 is 34.2. The maximum Gasteiger partial charge on any atom is 0.240 e. The van der Waals surface area contributed by atoms with E-state index in [-0.39, 0.29) is 23.4 Å². The Balaban J connectivity index is 1.76. The first-order valence-corrected chi connectivity index (χ1v) is 11.5. The highest BCUT2D eigenvalue weighted by molar-refractivity contribution is 7.89. The Bertz CT molecular complexity index is 1030. The second-order valence-electron chi connectivity index (χ2n) is 7.68. The number of benzene rings is 2. The predicted molar refractivity (Wildman–Crippen MR) is 117 cm³/mol. The van der Waals surface area contributed by atoms with Crippen molar-refractivity contribution in [2.75, 3.05) is 32.6 Å². The maximum atomic E-state index is 13.0. The van der Waals surface area contributed by atoms with Gasteiger partial charge in [-0.05, 0) is 62.0 Å². The first-order chi connectivity index (χ1) is 14.2. The van der Waals surface area contributed by atoms with E-state index in [1.54, 1.807) is 26.0 Å². The number of anilines is 1. The van der Waals surface area contributed by atoms with Gasteiger partial charge in [0, 0.05) is 31.1 Å². The number of carbonyl (C=O) groups excluding carboxylic acids is 1. The molecule has 0 bridgehead atoms. The molecule has 0 aliphatic carbocycles. The van der Waals surface area contributed by atoms with E-state index in [0.717, 1.165) is 23.3 Å². The minimum absolute atomic E-state index is 0.114. The van der Waals surface area contributed by atoms with Crippen LogP contribution in [-0.2, 0) is 21.2 Å². The van der Waals surface area contributed by atoms with E-state index in [0.29, 0.717) is 24.3 Å². The van der Waals surface area contributed by atoms with Gasteiger partial charge in [0.05, 0.1) is 11.5 Å². The quantitative estimate of drug-likeness (QED) is 0.671.